The number of carbonyl (C=O) groups excluding carboxylic acids is 1. The lowest BCUT2D eigenvalue weighted by Gasteiger charge is -2.04. The van der Waals surface area contributed by atoms with Crippen LogP contribution in [0.3, 0.4) is 0 Å². The Morgan fingerprint density at radius 2 is 1.10 bits per heavy atom. The van der Waals surface area contributed by atoms with Crippen LogP contribution in [0.1, 0.15) is 90.4 Å². The predicted molar refractivity (Wildman–Crippen MR) is 84.1 cm³/mol. The molecule has 120 valence electrons. The Kier molecular flexibility index (Phi) is 15.7. The number of carbonyl (C=O) groups is 1. The van der Waals surface area contributed by atoms with Crippen LogP contribution < -0.4 is 0 Å². The largest absolute Gasteiger partial charge is 0.507 e. The fourth-order valence-corrected chi connectivity index (χ4v) is 2.33. The Balaban J connectivity index is 2.97. The van der Waals surface area contributed by atoms with Crippen molar-refractivity contribution in [3.8, 4) is 0 Å². The van der Waals surface area contributed by atoms with Gasteiger partial charge >= 0.3 is 6.16 Å². The van der Waals surface area contributed by atoms with E-state index in [1.807, 2.05) is 0 Å². The summed E-state index contributed by atoms with van der Waals surface area (Å²) in [7, 11) is 1.34. The van der Waals surface area contributed by atoms with Crippen LogP contribution in [0, 0.1) is 0 Å². The smallest absolute Gasteiger partial charge is 0.438 e. The number of methoxy groups -OCH3 is 1. The first-order chi connectivity index (χ1) is 9.81. The van der Waals surface area contributed by atoms with Gasteiger partial charge in [-0.15, -0.1) is 0 Å². The van der Waals surface area contributed by atoms with E-state index >= 15 is 0 Å². The van der Waals surface area contributed by atoms with Crippen molar-refractivity contribution in [1.29, 1.82) is 0 Å². The quantitative estimate of drug-likeness (QED) is 0.296. The van der Waals surface area contributed by atoms with Crippen molar-refractivity contribution in [2.45, 2.75) is 90.4 Å². The third-order valence-corrected chi connectivity index (χ3v) is 3.63. The molecule has 0 aliphatic heterocycles. The maximum Gasteiger partial charge on any atom is 0.507 e. The van der Waals surface area contributed by atoms with E-state index in [0.29, 0.717) is 6.61 Å². The average molecular weight is 286 g/mol. The summed E-state index contributed by atoms with van der Waals surface area (Å²) in [6, 6.07) is 0. The molecule has 0 aromatic carbocycles. The molecule has 3 nitrogen and oxygen atoms in total. The molecule has 0 aliphatic rings. The second-order valence-corrected chi connectivity index (χ2v) is 5.55. The molecule has 0 amide bonds. The summed E-state index contributed by atoms with van der Waals surface area (Å²) in [5.41, 5.74) is 0. The van der Waals surface area contributed by atoms with Crippen LogP contribution in [0.15, 0.2) is 0 Å². The molecule has 0 atom stereocenters. The van der Waals surface area contributed by atoms with Gasteiger partial charge in [0, 0.05) is 0 Å². The first-order valence-electron chi connectivity index (χ1n) is 8.52. The molecule has 0 aromatic heterocycles. The van der Waals surface area contributed by atoms with E-state index < -0.39 is 6.16 Å². The van der Waals surface area contributed by atoms with Crippen molar-refractivity contribution in [1.82, 2.24) is 0 Å². The van der Waals surface area contributed by atoms with Gasteiger partial charge in [-0.25, -0.2) is 4.79 Å². The van der Waals surface area contributed by atoms with Gasteiger partial charge in [0.1, 0.15) is 0 Å². The molecule has 0 rings (SSSR count). The van der Waals surface area contributed by atoms with E-state index in [4.69, 9.17) is 4.74 Å². The number of rotatable bonds is 14. The lowest BCUT2D eigenvalue weighted by molar-refractivity contribution is 0.0713. The molecule has 0 spiro atoms. The molecular weight excluding hydrogens is 252 g/mol. The second kappa shape index (κ2) is 16.3. The minimum absolute atomic E-state index is 0.491. The topological polar surface area (TPSA) is 35.5 Å². The summed E-state index contributed by atoms with van der Waals surface area (Å²) in [5.74, 6) is 0. The summed E-state index contributed by atoms with van der Waals surface area (Å²) in [6.07, 6.45) is 16.7. The van der Waals surface area contributed by atoms with E-state index in [9.17, 15) is 4.79 Å². The van der Waals surface area contributed by atoms with Crippen LogP contribution in [-0.2, 0) is 9.47 Å². The molecule has 3 heteroatoms. The molecule has 0 fully saturated rings. The van der Waals surface area contributed by atoms with Gasteiger partial charge in [0.2, 0.25) is 0 Å². The van der Waals surface area contributed by atoms with Gasteiger partial charge in [-0.3, -0.25) is 0 Å². The third-order valence-electron chi connectivity index (χ3n) is 3.63. The van der Waals surface area contributed by atoms with Crippen LogP contribution in [-0.4, -0.2) is 19.9 Å². The standard InChI is InChI=1S/C17H34O3/c1-3-4-5-6-7-8-9-10-11-12-13-14-15-16-20-17(18)19-2/h3-16H2,1-2H3. The lowest BCUT2D eigenvalue weighted by Crippen LogP contribution is -2.05. The van der Waals surface area contributed by atoms with E-state index in [-0.39, 0.29) is 0 Å². The lowest BCUT2D eigenvalue weighted by atomic mass is 10.0. The van der Waals surface area contributed by atoms with Gasteiger partial charge < -0.3 is 9.47 Å². The fraction of sp³-hybridized carbons (Fsp3) is 0.941. The highest BCUT2D eigenvalue weighted by molar-refractivity contribution is 5.59. The molecule has 0 aromatic rings. The normalized spacial score (nSPS) is 10.5. The molecule has 0 aliphatic carbocycles. The zero-order valence-corrected chi connectivity index (χ0v) is 13.6. The van der Waals surface area contributed by atoms with E-state index in [2.05, 4.69) is 11.7 Å². The van der Waals surface area contributed by atoms with Crippen LogP contribution in [0.4, 0.5) is 4.79 Å². The van der Waals surface area contributed by atoms with Crippen LogP contribution in [0.5, 0.6) is 0 Å². The summed E-state index contributed by atoms with van der Waals surface area (Å²) >= 11 is 0. The maximum atomic E-state index is 10.7. The molecule has 0 heterocycles. The minimum Gasteiger partial charge on any atom is -0.438 e. The van der Waals surface area contributed by atoms with Crippen LogP contribution >= 0.6 is 0 Å². The molecule has 0 N–H and O–H groups in total. The number of hydrogen-bond donors (Lipinski definition) is 0. The van der Waals surface area contributed by atoms with Crippen molar-refractivity contribution >= 4 is 6.16 Å². The fourth-order valence-electron chi connectivity index (χ4n) is 2.33. The molecule has 0 unspecified atom stereocenters. The SMILES string of the molecule is CCCCCCCCCCCCCCCOC(=O)OC. The van der Waals surface area contributed by atoms with Gasteiger partial charge in [0.15, 0.2) is 0 Å². The first kappa shape index (κ1) is 19.3. The Hall–Kier alpha value is -0.730. The van der Waals surface area contributed by atoms with E-state index in [1.54, 1.807) is 0 Å². The molecule has 0 bridgehead atoms. The van der Waals surface area contributed by atoms with Gasteiger partial charge in [-0.2, -0.15) is 0 Å². The highest BCUT2D eigenvalue weighted by Gasteiger charge is 1.98. The van der Waals surface area contributed by atoms with Gasteiger partial charge in [-0.05, 0) is 6.42 Å². The second-order valence-electron chi connectivity index (χ2n) is 5.55. The average Bonchev–Trinajstić information content (AvgIpc) is 2.47. The number of ether oxygens (including phenoxy) is 2. The third kappa shape index (κ3) is 15.3. The summed E-state index contributed by atoms with van der Waals surface area (Å²) < 4.78 is 9.23. The van der Waals surface area contributed by atoms with Gasteiger partial charge in [0.05, 0.1) is 13.7 Å². The van der Waals surface area contributed by atoms with Crippen molar-refractivity contribution in [2.75, 3.05) is 13.7 Å². The number of unbranched alkanes of at least 4 members (excludes halogenated alkanes) is 12. The van der Waals surface area contributed by atoms with Crippen LogP contribution in [0.2, 0.25) is 0 Å². The van der Waals surface area contributed by atoms with Crippen LogP contribution in [0.25, 0.3) is 0 Å². The Labute approximate surface area is 125 Å². The van der Waals surface area contributed by atoms with Crippen molar-refractivity contribution < 1.29 is 14.3 Å². The van der Waals surface area contributed by atoms with Gasteiger partial charge in [0.25, 0.3) is 0 Å². The zero-order chi connectivity index (χ0) is 14.9. The minimum atomic E-state index is -0.566. The molecule has 0 saturated carbocycles. The Bertz CT molecular complexity index is 204. The Morgan fingerprint density at radius 1 is 0.700 bits per heavy atom. The summed E-state index contributed by atoms with van der Waals surface area (Å²) in [5, 5.41) is 0. The molecule has 20 heavy (non-hydrogen) atoms. The maximum absolute atomic E-state index is 10.7. The summed E-state index contributed by atoms with van der Waals surface area (Å²) in [4.78, 5) is 10.7. The Morgan fingerprint density at radius 3 is 1.50 bits per heavy atom. The van der Waals surface area contributed by atoms with Crippen molar-refractivity contribution in [3.05, 3.63) is 0 Å². The van der Waals surface area contributed by atoms with E-state index in [0.717, 1.165) is 12.8 Å². The number of hydrogen-bond acceptors (Lipinski definition) is 3. The van der Waals surface area contributed by atoms with Crippen molar-refractivity contribution in [2.24, 2.45) is 0 Å². The predicted octanol–water partition coefficient (Wildman–Crippen LogP) is 5.86. The monoisotopic (exact) mass is 286 g/mol. The molecule has 0 saturated heterocycles. The van der Waals surface area contributed by atoms with Gasteiger partial charge in [-0.1, -0.05) is 84.0 Å². The molecule has 0 radical (unpaired) electrons. The van der Waals surface area contributed by atoms with Crippen molar-refractivity contribution in [3.63, 3.8) is 0 Å². The highest BCUT2D eigenvalue weighted by Crippen LogP contribution is 2.12. The highest BCUT2D eigenvalue weighted by atomic mass is 16.7. The van der Waals surface area contributed by atoms with E-state index in [1.165, 1.54) is 77.7 Å². The molecular formula is C17H34O3. The first-order valence-corrected chi connectivity index (χ1v) is 8.52. The zero-order valence-electron chi connectivity index (χ0n) is 13.6. The summed E-state index contributed by atoms with van der Waals surface area (Å²) in [6.45, 7) is 2.76.